The normalized spacial score (nSPS) is 12.6. The minimum atomic E-state index is 0.353. The molecule has 2 rings (SSSR count). The summed E-state index contributed by atoms with van der Waals surface area (Å²) in [5.41, 5.74) is 3.86. The molecule has 0 saturated carbocycles. The molecule has 0 aliphatic rings. The molecule has 0 aliphatic carbocycles. The second kappa shape index (κ2) is 5.83. The number of aromatic nitrogens is 2. The van der Waals surface area contributed by atoms with Crippen LogP contribution >= 0.6 is 0 Å². The first kappa shape index (κ1) is 12.8. The van der Waals surface area contributed by atoms with Gasteiger partial charge in [0.1, 0.15) is 0 Å². The number of nitrogens with zero attached hydrogens (tertiary/aromatic N) is 2. The molecule has 96 valence electrons. The molecule has 1 heterocycles. The Hall–Kier alpha value is -1.61. The van der Waals surface area contributed by atoms with Gasteiger partial charge < -0.3 is 9.88 Å². The smallest absolute Gasteiger partial charge is 0.0948 e. The molecule has 1 atom stereocenters. The number of aryl methyl sites for hydroxylation is 2. The van der Waals surface area contributed by atoms with Gasteiger partial charge in [0.2, 0.25) is 0 Å². The Morgan fingerprint density at radius 3 is 2.67 bits per heavy atom. The minimum Gasteiger partial charge on any atom is -0.334 e. The van der Waals surface area contributed by atoms with Crippen LogP contribution in [-0.2, 0) is 13.1 Å². The monoisotopic (exact) mass is 243 g/mol. The molecule has 1 aromatic carbocycles. The standard InChI is InChI=1S/C15H21N3/c1-4-18-11-16-9-15(18)10-17-13(3)14-7-5-12(2)6-8-14/h5-9,11,13,17H,4,10H2,1-3H3. The molecule has 0 bridgehead atoms. The van der Waals surface area contributed by atoms with Gasteiger partial charge in [0, 0.05) is 25.3 Å². The second-order valence-electron chi connectivity index (χ2n) is 4.68. The summed E-state index contributed by atoms with van der Waals surface area (Å²) >= 11 is 0. The molecule has 0 saturated heterocycles. The van der Waals surface area contributed by atoms with E-state index < -0.39 is 0 Å². The van der Waals surface area contributed by atoms with E-state index >= 15 is 0 Å². The quantitative estimate of drug-likeness (QED) is 0.874. The van der Waals surface area contributed by atoms with Gasteiger partial charge in [-0.15, -0.1) is 0 Å². The number of rotatable bonds is 5. The Morgan fingerprint density at radius 1 is 1.28 bits per heavy atom. The van der Waals surface area contributed by atoms with Crippen LogP contribution in [0.1, 0.15) is 36.7 Å². The van der Waals surface area contributed by atoms with Crippen molar-refractivity contribution in [3.05, 3.63) is 53.6 Å². The van der Waals surface area contributed by atoms with Gasteiger partial charge in [-0.25, -0.2) is 4.98 Å². The molecule has 1 N–H and O–H groups in total. The van der Waals surface area contributed by atoms with Crippen molar-refractivity contribution >= 4 is 0 Å². The summed E-state index contributed by atoms with van der Waals surface area (Å²) in [5.74, 6) is 0. The van der Waals surface area contributed by atoms with Crippen LogP contribution in [0, 0.1) is 6.92 Å². The molecule has 2 aromatic rings. The van der Waals surface area contributed by atoms with E-state index in [0.717, 1.165) is 13.1 Å². The van der Waals surface area contributed by atoms with E-state index in [1.54, 1.807) is 0 Å². The van der Waals surface area contributed by atoms with Gasteiger partial charge in [-0.1, -0.05) is 29.8 Å². The topological polar surface area (TPSA) is 29.9 Å². The zero-order chi connectivity index (χ0) is 13.0. The molecular weight excluding hydrogens is 222 g/mol. The average Bonchev–Trinajstić information content (AvgIpc) is 2.84. The van der Waals surface area contributed by atoms with Crippen molar-refractivity contribution in [2.75, 3.05) is 0 Å². The van der Waals surface area contributed by atoms with Crippen molar-refractivity contribution in [3.63, 3.8) is 0 Å². The maximum Gasteiger partial charge on any atom is 0.0948 e. The minimum absolute atomic E-state index is 0.353. The van der Waals surface area contributed by atoms with Crippen LogP contribution in [0.3, 0.4) is 0 Å². The molecule has 3 nitrogen and oxygen atoms in total. The van der Waals surface area contributed by atoms with Crippen molar-refractivity contribution in [1.82, 2.24) is 14.9 Å². The van der Waals surface area contributed by atoms with Crippen LogP contribution in [-0.4, -0.2) is 9.55 Å². The third kappa shape index (κ3) is 2.99. The Labute approximate surface area is 109 Å². The van der Waals surface area contributed by atoms with Gasteiger partial charge in [0.05, 0.1) is 12.0 Å². The maximum atomic E-state index is 4.18. The lowest BCUT2D eigenvalue weighted by atomic mass is 10.1. The number of imidazole rings is 1. The summed E-state index contributed by atoms with van der Waals surface area (Å²) in [4.78, 5) is 4.18. The van der Waals surface area contributed by atoms with Gasteiger partial charge in [-0.2, -0.15) is 0 Å². The third-order valence-electron chi connectivity index (χ3n) is 3.31. The Bertz CT molecular complexity index is 485. The molecule has 1 unspecified atom stereocenters. The molecule has 0 fully saturated rings. The summed E-state index contributed by atoms with van der Waals surface area (Å²) in [7, 11) is 0. The van der Waals surface area contributed by atoms with Crippen LogP contribution in [0.15, 0.2) is 36.8 Å². The fourth-order valence-corrected chi connectivity index (χ4v) is 2.01. The van der Waals surface area contributed by atoms with E-state index in [4.69, 9.17) is 0 Å². The fourth-order valence-electron chi connectivity index (χ4n) is 2.01. The zero-order valence-corrected chi connectivity index (χ0v) is 11.4. The predicted molar refractivity (Wildman–Crippen MR) is 74.3 cm³/mol. The highest BCUT2D eigenvalue weighted by Gasteiger charge is 2.06. The maximum absolute atomic E-state index is 4.18. The van der Waals surface area contributed by atoms with Crippen molar-refractivity contribution in [3.8, 4) is 0 Å². The summed E-state index contributed by atoms with van der Waals surface area (Å²) < 4.78 is 2.16. The van der Waals surface area contributed by atoms with Gasteiger partial charge in [-0.3, -0.25) is 0 Å². The van der Waals surface area contributed by atoms with Crippen molar-refractivity contribution in [1.29, 1.82) is 0 Å². The molecule has 0 spiro atoms. The van der Waals surface area contributed by atoms with E-state index in [1.807, 2.05) is 12.5 Å². The third-order valence-corrected chi connectivity index (χ3v) is 3.31. The highest BCUT2D eigenvalue weighted by molar-refractivity contribution is 5.23. The Morgan fingerprint density at radius 2 is 2.00 bits per heavy atom. The van der Waals surface area contributed by atoms with Gasteiger partial charge in [0.15, 0.2) is 0 Å². The molecule has 18 heavy (non-hydrogen) atoms. The van der Waals surface area contributed by atoms with E-state index in [2.05, 4.69) is 59.9 Å². The summed E-state index contributed by atoms with van der Waals surface area (Å²) in [6.07, 6.45) is 3.81. The fraction of sp³-hybridized carbons (Fsp3) is 0.400. The first-order chi connectivity index (χ1) is 8.70. The highest BCUT2D eigenvalue weighted by Crippen LogP contribution is 2.13. The molecule has 3 heteroatoms. The molecule has 0 amide bonds. The zero-order valence-electron chi connectivity index (χ0n) is 11.4. The summed E-state index contributed by atoms with van der Waals surface area (Å²) in [6.45, 7) is 8.26. The van der Waals surface area contributed by atoms with E-state index in [0.29, 0.717) is 6.04 Å². The van der Waals surface area contributed by atoms with E-state index in [1.165, 1.54) is 16.8 Å². The van der Waals surface area contributed by atoms with E-state index in [-0.39, 0.29) is 0 Å². The predicted octanol–water partition coefficient (Wildman–Crippen LogP) is 3.06. The molecule has 0 radical (unpaired) electrons. The number of hydrogen-bond acceptors (Lipinski definition) is 2. The van der Waals surface area contributed by atoms with Crippen molar-refractivity contribution in [2.24, 2.45) is 0 Å². The van der Waals surface area contributed by atoms with Crippen LogP contribution in [0.25, 0.3) is 0 Å². The number of hydrogen-bond donors (Lipinski definition) is 1. The summed E-state index contributed by atoms with van der Waals surface area (Å²) in [5, 5.41) is 3.53. The molecule has 1 aromatic heterocycles. The number of nitrogens with one attached hydrogen (secondary N) is 1. The Balaban J connectivity index is 1.96. The van der Waals surface area contributed by atoms with Crippen LogP contribution in [0.4, 0.5) is 0 Å². The van der Waals surface area contributed by atoms with Crippen molar-refractivity contribution < 1.29 is 0 Å². The first-order valence-corrected chi connectivity index (χ1v) is 6.49. The second-order valence-corrected chi connectivity index (χ2v) is 4.68. The lowest BCUT2D eigenvalue weighted by molar-refractivity contribution is 0.549. The SMILES string of the molecule is CCn1cncc1CNC(C)c1ccc(C)cc1. The van der Waals surface area contributed by atoms with Crippen molar-refractivity contribution in [2.45, 2.75) is 39.9 Å². The number of benzene rings is 1. The van der Waals surface area contributed by atoms with E-state index in [9.17, 15) is 0 Å². The summed E-state index contributed by atoms with van der Waals surface area (Å²) in [6, 6.07) is 9.03. The Kier molecular flexibility index (Phi) is 4.15. The van der Waals surface area contributed by atoms with Gasteiger partial charge >= 0.3 is 0 Å². The lowest BCUT2D eigenvalue weighted by Gasteiger charge is -2.15. The van der Waals surface area contributed by atoms with Gasteiger partial charge in [0.25, 0.3) is 0 Å². The van der Waals surface area contributed by atoms with Crippen LogP contribution < -0.4 is 5.32 Å². The highest BCUT2D eigenvalue weighted by atomic mass is 15.1. The lowest BCUT2D eigenvalue weighted by Crippen LogP contribution is -2.19. The molecular formula is C15H21N3. The van der Waals surface area contributed by atoms with Crippen LogP contribution in [0.5, 0.6) is 0 Å². The van der Waals surface area contributed by atoms with Gasteiger partial charge in [-0.05, 0) is 26.3 Å². The largest absolute Gasteiger partial charge is 0.334 e. The first-order valence-electron chi connectivity index (χ1n) is 6.49. The average molecular weight is 243 g/mol. The van der Waals surface area contributed by atoms with Crippen LogP contribution in [0.2, 0.25) is 0 Å². The molecule has 0 aliphatic heterocycles.